The average Bonchev–Trinajstić information content (AvgIpc) is 2.94. The molecule has 0 aliphatic heterocycles. The smallest absolute Gasteiger partial charge is 0.239 e. The van der Waals surface area contributed by atoms with Crippen molar-refractivity contribution < 1.29 is 9.21 Å². The zero-order chi connectivity index (χ0) is 18.1. The number of aryl methyl sites for hydroxylation is 2. The van der Waals surface area contributed by atoms with Crippen LogP contribution in [0.1, 0.15) is 22.9 Å². The number of guanidine groups is 1. The van der Waals surface area contributed by atoms with Crippen molar-refractivity contribution in [1.29, 1.82) is 0 Å². The monoisotopic (exact) mass is 343 g/mol. The Morgan fingerprint density at radius 2 is 1.92 bits per heavy atom. The Hall–Kier alpha value is -2.83. The molecular formula is C18H25N5O2. The van der Waals surface area contributed by atoms with Crippen molar-refractivity contribution in [2.75, 3.05) is 20.1 Å². The zero-order valence-electron chi connectivity index (χ0n) is 14.9. The minimum absolute atomic E-state index is 0.0818. The van der Waals surface area contributed by atoms with Gasteiger partial charge >= 0.3 is 0 Å². The highest BCUT2D eigenvalue weighted by molar-refractivity contribution is 5.86. The summed E-state index contributed by atoms with van der Waals surface area (Å²) in [5, 5.41) is 8.91. The van der Waals surface area contributed by atoms with Gasteiger partial charge in [0.2, 0.25) is 11.8 Å². The van der Waals surface area contributed by atoms with Crippen LogP contribution >= 0.6 is 0 Å². The number of nitrogens with zero attached hydrogens (tertiary/aromatic N) is 2. The fourth-order valence-corrected chi connectivity index (χ4v) is 2.21. The molecule has 0 radical (unpaired) electrons. The molecule has 3 N–H and O–H groups in total. The van der Waals surface area contributed by atoms with Crippen LogP contribution in [0.25, 0.3) is 0 Å². The summed E-state index contributed by atoms with van der Waals surface area (Å²) in [6.07, 6.45) is 0.808. The van der Waals surface area contributed by atoms with E-state index in [1.54, 1.807) is 7.05 Å². The second-order valence-corrected chi connectivity index (χ2v) is 5.61. The first-order valence-corrected chi connectivity index (χ1v) is 8.26. The molecule has 1 amide bonds. The van der Waals surface area contributed by atoms with Crippen LogP contribution in [0.4, 0.5) is 0 Å². The number of oxazole rings is 1. The lowest BCUT2D eigenvalue weighted by molar-refractivity contribution is -0.119. The van der Waals surface area contributed by atoms with Gasteiger partial charge in [0.15, 0.2) is 5.96 Å². The van der Waals surface area contributed by atoms with Gasteiger partial charge in [-0.3, -0.25) is 9.79 Å². The third-order valence-corrected chi connectivity index (χ3v) is 3.70. The highest BCUT2D eigenvalue weighted by Crippen LogP contribution is 2.07. The van der Waals surface area contributed by atoms with E-state index >= 15 is 0 Å². The van der Waals surface area contributed by atoms with Gasteiger partial charge in [0, 0.05) is 13.6 Å². The Kier molecular flexibility index (Phi) is 7.00. The minimum Gasteiger partial charge on any atom is -0.444 e. The molecule has 0 atom stereocenters. The summed E-state index contributed by atoms with van der Waals surface area (Å²) in [6.45, 7) is 4.93. The number of hydrogen-bond acceptors (Lipinski definition) is 4. The van der Waals surface area contributed by atoms with Gasteiger partial charge in [-0.25, -0.2) is 4.98 Å². The summed E-state index contributed by atoms with van der Waals surface area (Å²) in [5.74, 6) is 1.83. The molecule has 0 fully saturated rings. The zero-order valence-corrected chi connectivity index (χ0v) is 14.9. The Labute approximate surface area is 147 Å². The van der Waals surface area contributed by atoms with Crippen LogP contribution in [-0.4, -0.2) is 37.0 Å². The second kappa shape index (κ2) is 9.46. The number of benzene rings is 1. The predicted molar refractivity (Wildman–Crippen MR) is 97.3 cm³/mol. The summed E-state index contributed by atoms with van der Waals surface area (Å²) >= 11 is 0. The van der Waals surface area contributed by atoms with Crippen molar-refractivity contribution in [3.8, 4) is 0 Å². The molecule has 7 heteroatoms. The van der Waals surface area contributed by atoms with Crippen molar-refractivity contribution in [2.24, 2.45) is 4.99 Å². The SMILES string of the molecule is CN=C(NCC(=O)NCCc1ccccc1)NCc1nc(C)c(C)o1. The Balaban J connectivity index is 1.66. The van der Waals surface area contributed by atoms with Gasteiger partial charge in [-0.05, 0) is 25.8 Å². The topological polar surface area (TPSA) is 91.5 Å². The van der Waals surface area contributed by atoms with Crippen molar-refractivity contribution in [3.05, 3.63) is 53.2 Å². The quantitative estimate of drug-likeness (QED) is 0.521. The van der Waals surface area contributed by atoms with E-state index in [9.17, 15) is 4.79 Å². The molecule has 7 nitrogen and oxygen atoms in total. The van der Waals surface area contributed by atoms with Crippen LogP contribution in [0.5, 0.6) is 0 Å². The van der Waals surface area contributed by atoms with E-state index in [2.05, 4.69) is 25.9 Å². The molecule has 0 unspecified atom stereocenters. The van der Waals surface area contributed by atoms with Crippen molar-refractivity contribution in [2.45, 2.75) is 26.8 Å². The van der Waals surface area contributed by atoms with Crippen LogP contribution in [0.3, 0.4) is 0 Å². The fourth-order valence-electron chi connectivity index (χ4n) is 2.21. The summed E-state index contributed by atoms with van der Waals surface area (Å²) in [7, 11) is 1.65. The molecule has 0 saturated heterocycles. The van der Waals surface area contributed by atoms with Crippen molar-refractivity contribution in [1.82, 2.24) is 20.9 Å². The summed E-state index contributed by atoms with van der Waals surface area (Å²) in [5.41, 5.74) is 2.07. The van der Waals surface area contributed by atoms with Gasteiger partial charge in [0.1, 0.15) is 5.76 Å². The Morgan fingerprint density at radius 3 is 2.56 bits per heavy atom. The van der Waals surface area contributed by atoms with Crippen molar-refractivity contribution in [3.63, 3.8) is 0 Å². The molecule has 0 bridgehead atoms. The van der Waals surface area contributed by atoms with Crippen LogP contribution in [0.15, 0.2) is 39.7 Å². The Morgan fingerprint density at radius 1 is 1.16 bits per heavy atom. The normalized spacial score (nSPS) is 11.2. The molecule has 0 spiro atoms. The molecule has 0 saturated carbocycles. The molecule has 2 rings (SSSR count). The van der Waals surface area contributed by atoms with Gasteiger partial charge < -0.3 is 20.4 Å². The van der Waals surface area contributed by atoms with Crippen LogP contribution in [0, 0.1) is 13.8 Å². The van der Waals surface area contributed by atoms with E-state index in [1.807, 2.05) is 44.2 Å². The molecule has 25 heavy (non-hydrogen) atoms. The van der Waals surface area contributed by atoms with Crippen molar-refractivity contribution >= 4 is 11.9 Å². The number of nitrogens with one attached hydrogen (secondary N) is 3. The third-order valence-electron chi connectivity index (χ3n) is 3.70. The summed E-state index contributed by atoms with van der Waals surface area (Å²) < 4.78 is 5.49. The number of hydrogen-bond donors (Lipinski definition) is 3. The number of rotatable bonds is 7. The van der Waals surface area contributed by atoms with E-state index < -0.39 is 0 Å². The third kappa shape index (κ3) is 6.29. The van der Waals surface area contributed by atoms with Gasteiger partial charge in [0.25, 0.3) is 0 Å². The van der Waals surface area contributed by atoms with E-state index in [1.165, 1.54) is 5.56 Å². The van der Waals surface area contributed by atoms with E-state index in [-0.39, 0.29) is 12.5 Å². The highest BCUT2D eigenvalue weighted by Gasteiger charge is 2.07. The lowest BCUT2D eigenvalue weighted by Gasteiger charge is -2.11. The van der Waals surface area contributed by atoms with E-state index in [0.717, 1.165) is 17.9 Å². The molecule has 1 heterocycles. The molecule has 2 aromatic rings. The summed E-state index contributed by atoms with van der Waals surface area (Å²) in [4.78, 5) is 20.3. The maximum atomic E-state index is 11.9. The molecule has 0 aliphatic rings. The Bertz CT molecular complexity index is 690. The standard InChI is InChI=1S/C18H25N5O2/c1-13-14(2)25-17(23-13)12-22-18(19-3)21-11-16(24)20-10-9-15-7-5-4-6-8-15/h4-8H,9-12H2,1-3H3,(H,20,24)(H2,19,21,22). The van der Waals surface area contributed by atoms with Gasteiger partial charge in [-0.2, -0.15) is 0 Å². The number of aliphatic imine (C=N–C) groups is 1. The summed E-state index contributed by atoms with van der Waals surface area (Å²) in [6, 6.07) is 10.0. The number of aromatic nitrogens is 1. The predicted octanol–water partition coefficient (Wildman–Crippen LogP) is 1.32. The second-order valence-electron chi connectivity index (χ2n) is 5.61. The van der Waals surface area contributed by atoms with Crippen LogP contribution < -0.4 is 16.0 Å². The lowest BCUT2D eigenvalue weighted by Crippen LogP contribution is -2.43. The first-order chi connectivity index (χ1) is 12.1. The molecule has 134 valence electrons. The lowest BCUT2D eigenvalue weighted by atomic mass is 10.1. The van der Waals surface area contributed by atoms with E-state index in [0.29, 0.717) is 24.9 Å². The van der Waals surface area contributed by atoms with E-state index in [4.69, 9.17) is 4.42 Å². The van der Waals surface area contributed by atoms with Gasteiger partial charge in [-0.1, -0.05) is 30.3 Å². The first kappa shape index (κ1) is 18.5. The highest BCUT2D eigenvalue weighted by atomic mass is 16.4. The number of carbonyl (C=O) groups is 1. The maximum Gasteiger partial charge on any atom is 0.239 e. The average molecular weight is 343 g/mol. The fraction of sp³-hybridized carbons (Fsp3) is 0.389. The molecule has 1 aromatic carbocycles. The number of carbonyl (C=O) groups excluding carboxylic acids is 1. The maximum absolute atomic E-state index is 11.9. The van der Waals surface area contributed by atoms with Crippen LogP contribution in [-0.2, 0) is 17.8 Å². The number of amides is 1. The minimum atomic E-state index is -0.0818. The largest absolute Gasteiger partial charge is 0.444 e. The van der Waals surface area contributed by atoms with Gasteiger partial charge in [0.05, 0.1) is 18.8 Å². The van der Waals surface area contributed by atoms with Crippen LogP contribution in [0.2, 0.25) is 0 Å². The molecular weight excluding hydrogens is 318 g/mol. The molecule has 0 aliphatic carbocycles. The molecule has 1 aromatic heterocycles. The van der Waals surface area contributed by atoms with Gasteiger partial charge in [-0.15, -0.1) is 0 Å². The first-order valence-electron chi connectivity index (χ1n) is 8.26.